The maximum Gasteiger partial charge on any atom is 0.289 e. The molecule has 0 aliphatic heterocycles. The van der Waals surface area contributed by atoms with Crippen LogP contribution in [0.25, 0.3) is 0 Å². The van der Waals surface area contributed by atoms with Gasteiger partial charge in [0.15, 0.2) is 4.90 Å². The Kier molecular flexibility index (Phi) is 4.50. The number of anilines is 1. The van der Waals surface area contributed by atoms with Gasteiger partial charge in [0, 0.05) is 36.3 Å². The number of nitro groups is 1. The summed E-state index contributed by atoms with van der Waals surface area (Å²) < 4.78 is 26.6. The minimum absolute atomic E-state index is 0.0990. The summed E-state index contributed by atoms with van der Waals surface area (Å²) in [5.41, 5.74) is 5.14. The lowest BCUT2D eigenvalue weighted by Gasteiger charge is -2.07. The molecular formula is C11H12N4O4S2. The summed E-state index contributed by atoms with van der Waals surface area (Å²) in [5, 5.41) is 13.5. The van der Waals surface area contributed by atoms with Crippen LogP contribution in [0.3, 0.4) is 0 Å². The molecule has 112 valence electrons. The van der Waals surface area contributed by atoms with Crippen LogP contribution >= 0.6 is 11.3 Å². The molecule has 0 aliphatic carbocycles. The van der Waals surface area contributed by atoms with Gasteiger partial charge in [-0.15, -0.1) is 11.3 Å². The molecule has 0 atom stereocenters. The fourth-order valence-corrected chi connectivity index (χ4v) is 3.50. The van der Waals surface area contributed by atoms with Crippen molar-refractivity contribution in [2.75, 3.05) is 12.3 Å². The Balaban J connectivity index is 2.19. The molecule has 8 nitrogen and oxygen atoms in total. The molecule has 2 rings (SSSR count). The van der Waals surface area contributed by atoms with E-state index in [1.165, 1.54) is 17.4 Å². The largest absolute Gasteiger partial charge is 0.399 e. The zero-order valence-electron chi connectivity index (χ0n) is 10.7. The predicted octanol–water partition coefficient (Wildman–Crippen LogP) is 1.15. The molecule has 0 bridgehead atoms. The molecule has 0 amide bonds. The number of rotatable bonds is 6. The van der Waals surface area contributed by atoms with Gasteiger partial charge < -0.3 is 5.73 Å². The van der Waals surface area contributed by atoms with E-state index in [1.54, 1.807) is 11.6 Å². The normalized spacial score (nSPS) is 11.4. The summed E-state index contributed by atoms with van der Waals surface area (Å²) in [7, 11) is -4.01. The third-order valence-electron chi connectivity index (χ3n) is 2.58. The van der Waals surface area contributed by atoms with Crippen LogP contribution in [0.4, 0.5) is 11.4 Å². The van der Waals surface area contributed by atoms with Crippen LogP contribution in [0.1, 0.15) is 5.01 Å². The number of nitrogens with two attached hydrogens (primary N) is 1. The lowest BCUT2D eigenvalue weighted by Crippen LogP contribution is -2.26. The van der Waals surface area contributed by atoms with Crippen molar-refractivity contribution in [3.63, 3.8) is 0 Å². The fourth-order valence-electron chi connectivity index (χ4n) is 1.64. The van der Waals surface area contributed by atoms with Gasteiger partial charge in [-0.1, -0.05) is 0 Å². The average molecular weight is 328 g/mol. The SMILES string of the molecule is Nc1ccc([N+](=O)[O-])c(S(=O)(=O)NCCc2nccs2)c1. The Morgan fingerprint density at radius 2 is 2.19 bits per heavy atom. The molecule has 1 aromatic carbocycles. The molecule has 0 radical (unpaired) electrons. The highest BCUT2D eigenvalue weighted by Gasteiger charge is 2.25. The number of hydrogen-bond donors (Lipinski definition) is 2. The molecule has 0 fully saturated rings. The van der Waals surface area contributed by atoms with Gasteiger partial charge in [-0.25, -0.2) is 18.1 Å². The van der Waals surface area contributed by atoms with Crippen molar-refractivity contribution in [3.8, 4) is 0 Å². The third-order valence-corrected chi connectivity index (χ3v) is 4.91. The molecule has 0 unspecified atom stereocenters. The molecule has 1 heterocycles. The van der Waals surface area contributed by atoms with Crippen molar-refractivity contribution in [2.45, 2.75) is 11.3 Å². The van der Waals surface area contributed by atoms with E-state index >= 15 is 0 Å². The zero-order chi connectivity index (χ0) is 15.5. The minimum atomic E-state index is -4.01. The average Bonchev–Trinajstić information content (AvgIpc) is 2.91. The van der Waals surface area contributed by atoms with Gasteiger partial charge in [-0.2, -0.15) is 0 Å². The summed E-state index contributed by atoms with van der Waals surface area (Å²) in [6.07, 6.45) is 2.03. The monoisotopic (exact) mass is 328 g/mol. The number of hydrogen-bond acceptors (Lipinski definition) is 7. The third kappa shape index (κ3) is 3.74. The van der Waals surface area contributed by atoms with E-state index in [4.69, 9.17) is 5.73 Å². The Morgan fingerprint density at radius 1 is 1.43 bits per heavy atom. The van der Waals surface area contributed by atoms with Crippen LogP contribution in [-0.2, 0) is 16.4 Å². The second-order valence-corrected chi connectivity index (χ2v) is 6.77. The first-order valence-corrected chi connectivity index (χ1v) is 8.18. The van der Waals surface area contributed by atoms with Gasteiger partial charge in [0.1, 0.15) is 0 Å². The van der Waals surface area contributed by atoms with Gasteiger partial charge in [-0.05, 0) is 12.1 Å². The molecule has 0 saturated heterocycles. The van der Waals surface area contributed by atoms with Crippen molar-refractivity contribution in [2.24, 2.45) is 0 Å². The van der Waals surface area contributed by atoms with Crippen LogP contribution in [0.5, 0.6) is 0 Å². The highest BCUT2D eigenvalue weighted by atomic mass is 32.2. The van der Waals surface area contributed by atoms with Gasteiger partial charge >= 0.3 is 0 Å². The van der Waals surface area contributed by atoms with E-state index in [1.807, 2.05) is 0 Å². The van der Waals surface area contributed by atoms with Crippen molar-refractivity contribution in [3.05, 3.63) is 44.9 Å². The summed E-state index contributed by atoms with van der Waals surface area (Å²) in [6.45, 7) is 0.0990. The van der Waals surface area contributed by atoms with E-state index in [0.29, 0.717) is 6.42 Å². The topological polar surface area (TPSA) is 128 Å². The predicted molar refractivity (Wildman–Crippen MR) is 78.5 cm³/mol. The molecule has 3 N–H and O–H groups in total. The van der Waals surface area contributed by atoms with Crippen LogP contribution < -0.4 is 10.5 Å². The first-order valence-electron chi connectivity index (χ1n) is 5.82. The number of nitro benzene ring substituents is 1. The molecule has 0 aliphatic rings. The Morgan fingerprint density at radius 3 is 2.81 bits per heavy atom. The van der Waals surface area contributed by atoms with Crippen molar-refractivity contribution >= 4 is 32.7 Å². The number of aromatic nitrogens is 1. The molecule has 10 heteroatoms. The fraction of sp³-hybridized carbons (Fsp3) is 0.182. The molecular weight excluding hydrogens is 316 g/mol. The first-order chi connectivity index (χ1) is 9.90. The van der Waals surface area contributed by atoms with Crippen LogP contribution in [0.2, 0.25) is 0 Å². The second kappa shape index (κ2) is 6.16. The first kappa shape index (κ1) is 15.4. The minimum Gasteiger partial charge on any atom is -0.399 e. The lowest BCUT2D eigenvalue weighted by atomic mass is 10.3. The molecule has 21 heavy (non-hydrogen) atoms. The van der Waals surface area contributed by atoms with E-state index in [-0.39, 0.29) is 12.2 Å². The Bertz CT molecular complexity index is 744. The van der Waals surface area contributed by atoms with E-state index in [0.717, 1.165) is 17.1 Å². The Labute approximate surface area is 124 Å². The van der Waals surface area contributed by atoms with Crippen molar-refractivity contribution < 1.29 is 13.3 Å². The number of nitrogens with one attached hydrogen (secondary N) is 1. The summed E-state index contributed by atoms with van der Waals surface area (Å²) in [6, 6.07) is 3.43. The van der Waals surface area contributed by atoms with Gasteiger partial charge in [0.25, 0.3) is 5.69 Å². The van der Waals surface area contributed by atoms with Crippen molar-refractivity contribution in [1.29, 1.82) is 0 Å². The summed E-state index contributed by atoms with van der Waals surface area (Å²) in [4.78, 5) is 13.7. The molecule has 0 spiro atoms. The summed E-state index contributed by atoms with van der Waals surface area (Å²) >= 11 is 1.41. The van der Waals surface area contributed by atoms with E-state index in [9.17, 15) is 18.5 Å². The number of benzene rings is 1. The van der Waals surface area contributed by atoms with E-state index in [2.05, 4.69) is 9.71 Å². The summed E-state index contributed by atoms with van der Waals surface area (Å²) in [5.74, 6) is 0. The second-order valence-electron chi connectivity index (χ2n) is 4.06. The van der Waals surface area contributed by atoms with E-state index < -0.39 is 25.5 Å². The van der Waals surface area contributed by atoms with Gasteiger partial charge in [0.2, 0.25) is 10.0 Å². The maximum atomic E-state index is 12.2. The zero-order valence-corrected chi connectivity index (χ0v) is 12.4. The highest BCUT2D eigenvalue weighted by molar-refractivity contribution is 7.89. The molecule has 0 saturated carbocycles. The number of sulfonamides is 1. The van der Waals surface area contributed by atoms with Crippen LogP contribution in [0.15, 0.2) is 34.7 Å². The smallest absolute Gasteiger partial charge is 0.289 e. The number of nitrogen functional groups attached to an aromatic ring is 1. The number of thiazole rings is 1. The Hall–Kier alpha value is -2.04. The van der Waals surface area contributed by atoms with Crippen molar-refractivity contribution in [1.82, 2.24) is 9.71 Å². The molecule has 2 aromatic rings. The van der Waals surface area contributed by atoms with Crippen LogP contribution in [0, 0.1) is 10.1 Å². The highest BCUT2D eigenvalue weighted by Crippen LogP contribution is 2.25. The maximum absolute atomic E-state index is 12.2. The quantitative estimate of drug-likeness (QED) is 0.465. The molecule has 1 aromatic heterocycles. The van der Waals surface area contributed by atoms with Gasteiger partial charge in [0.05, 0.1) is 9.93 Å². The van der Waals surface area contributed by atoms with Gasteiger partial charge in [-0.3, -0.25) is 10.1 Å². The standard InChI is InChI=1S/C11H12N4O4S2/c12-8-1-2-9(15(16)17)10(7-8)21(18,19)14-4-3-11-13-5-6-20-11/h1-2,5-7,14H,3-4,12H2. The van der Waals surface area contributed by atoms with Crippen LogP contribution in [-0.4, -0.2) is 24.9 Å². The lowest BCUT2D eigenvalue weighted by molar-refractivity contribution is -0.387. The number of nitrogens with zero attached hydrogens (tertiary/aromatic N) is 2.